The van der Waals surface area contributed by atoms with Crippen molar-refractivity contribution < 1.29 is 13.2 Å². The van der Waals surface area contributed by atoms with E-state index in [0.717, 1.165) is 6.92 Å². The van der Waals surface area contributed by atoms with E-state index in [2.05, 4.69) is 4.98 Å². The van der Waals surface area contributed by atoms with Gasteiger partial charge >= 0.3 is 6.18 Å². The van der Waals surface area contributed by atoms with Gasteiger partial charge in [0.1, 0.15) is 5.01 Å². The summed E-state index contributed by atoms with van der Waals surface area (Å²) >= 11 is 1.19. The molecule has 1 aromatic rings. The fraction of sp³-hybridized carbons (Fsp3) is 0.667. The summed E-state index contributed by atoms with van der Waals surface area (Å²) in [7, 11) is 3.65. The number of hydrogen-bond donors (Lipinski definition) is 1. The molecule has 92 valence electrons. The van der Waals surface area contributed by atoms with E-state index in [1.807, 2.05) is 19.0 Å². The summed E-state index contributed by atoms with van der Waals surface area (Å²) in [6.07, 6.45) is -4.49. The number of alkyl halides is 3. The van der Waals surface area contributed by atoms with Gasteiger partial charge < -0.3 is 10.6 Å². The molecular formula is C9H14F3N3S. The number of rotatable bonds is 3. The molecule has 7 heteroatoms. The van der Waals surface area contributed by atoms with Crippen LogP contribution < -0.4 is 5.73 Å². The van der Waals surface area contributed by atoms with Crippen LogP contribution in [0.2, 0.25) is 0 Å². The number of nitrogens with two attached hydrogens (primary N) is 1. The van der Waals surface area contributed by atoms with Gasteiger partial charge in [0, 0.05) is 11.9 Å². The summed E-state index contributed by atoms with van der Waals surface area (Å²) in [6.45, 7) is 1.44. The van der Waals surface area contributed by atoms with E-state index < -0.39 is 11.7 Å². The molecule has 0 saturated heterocycles. The molecule has 16 heavy (non-hydrogen) atoms. The zero-order valence-corrected chi connectivity index (χ0v) is 10.1. The summed E-state index contributed by atoms with van der Waals surface area (Å²) in [6, 6.07) is 0. The summed E-state index contributed by atoms with van der Waals surface area (Å²) in [4.78, 5) is 5.76. The number of hydrogen-bond acceptors (Lipinski definition) is 4. The third-order valence-corrected chi connectivity index (χ3v) is 2.96. The lowest BCUT2D eigenvalue weighted by Crippen LogP contribution is -2.48. The van der Waals surface area contributed by atoms with Gasteiger partial charge in [-0.1, -0.05) is 0 Å². The van der Waals surface area contributed by atoms with Gasteiger partial charge in [-0.15, -0.1) is 11.3 Å². The molecule has 0 aliphatic rings. The van der Waals surface area contributed by atoms with Crippen molar-refractivity contribution in [2.24, 2.45) is 5.73 Å². The number of aromatic nitrogens is 1. The van der Waals surface area contributed by atoms with Crippen molar-refractivity contribution in [3.05, 3.63) is 16.1 Å². The Morgan fingerprint density at radius 1 is 1.44 bits per heavy atom. The Morgan fingerprint density at radius 3 is 2.44 bits per heavy atom. The molecule has 0 aliphatic heterocycles. The lowest BCUT2D eigenvalue weighted by atomic mass is 10.00. The summed E-state index contributed by atoms with van der Waals surface area (Å²) in [5.41, 5.74) is 2.76. The minimum absolute atomic E-state index is 0.123. The molecule has 0 fully saturated rings. The van der Waals surface area contributed by atoms with Gasteiger partial charge in [-0.2, -0.15) is 13.2 Å². The van der Waals surface area contributed by atoms with Crippen LogP contribution in [0.3, 0.4) is 0 Å². The van der Waals surface area contributed by atoms with Crippen LogP contribution in [0.5, 0.6) is 0 Å². The van der Waals surface area contributed by atoms with Crippen LogP contribution >= 0.6 is 11.3 Å². The molecule has 0 amide bonds. The summed E-state index contributed by atoms with van der Waals surface area (Å²) in [5, 5.41) is 1.99. The van der Waals surface area contributed by atoms with E-state index in [9.17, 15) is 13.2 Å². The molecule has 1 atom stereocenters. The molecule has 0 saturated carbocycles. The zero-order chi connectivity index (χ0) is 12.6. The van der Waals surface area contributed by atoms with Gasteiger partial charge in [0.15, 0.2) is 5.54 Å². The average molecular weight is 253 g/mol. The largest absolute Gasteiger partial charge is 0.411 e. The maximum Gasteiger partial charge on any atom is 0.411 e. The van der Waals surface area contributed by atoms with Gasteiger partial charge in [0.2, 0.25) is 0 Å². The number of nitrogens with zero attached hydrogens (tertiary/aromatic N) is 2. The van der Waals surface area contributed by atoms with Crippen molar-refractivity contribution in [1.29, 1.82) is 0 Å². The first kappa shape index (κ1) is 13.4. The van der Waals surface area contributed by atoms with Crippen molar-refractivity contribution in [3.63, 3.8) is 0 Å². The highest BCUT2D eigenvalue weighted by molar-refractivity contribution is 7.09. The third-order valence-electron chi connectivity index (χ3n) is 2.12. The minimum atomic E-state index is -4.49. The fourth-order valence-electron chi connectivity index (χ4n) is 1.04. The van der Waals surface area contributed by atoms with E-state index in [0.29, 0.717) is 11.6 Å². The molecule has 0 radical (unpaired) electrons. The lowest BCUT2D eigenvalue weighted by molar-refractivity contribution is -0.185. The van der Waals surface area contributed by atoms with Crippen molar-refractivity contribution >= 4 is 11.3 Å². The SMILES string of the molecule is CN(C)Cc1nc(C(C)(N)C(F)(F)F)cs1. The third kappa shape index (κ3) is 2.72. The maximum absolute atomic E-state index is 12.6. The molecule has 3 nitrogen and oxygen atoms in total. The molecule has 0 spiro atoms. The summed E-state index contributed by atoms with van der Waals surface area (Å²) < 4.78 is 37.9. The Kier molecular flexibility index (Phi) is 3.61. The number of thiazole rings is 1. The van der Waals surface area contributed by atoms with Gasteiger partial charge in [0.25, 0.3) is 0 Å². The van der Waals surface area contributed by atoms with E-state index in [1.165, 1.54) is 16.7 Å². The molecule has 1 heterocycles. The lowest BCUT2D eigenvalue weighted by Gasteiger charge is -2.25. The van der Waals surface area contributed by atoms with Crippen molar-refractivity contribution in [2.75, 3.05) is 14.1 Å². The van der Waals surface area contributed by atoms with Crippen molar-refractivity contribution in [3.8, 4) is 0 Å². The highest BCUT2D eigenvalue weighted by atomic mass is 32.1. The molecule has 1 unspecified atom stereocenters. The Morgan fingerprint density at radius 2 is 2.00 bits per heavy atom. The number of halogens is 3. The van der Waals surface area contributed by atoms with Gasteiger partial charge in [-0.25, -0.2) is 4.98 Å². The highest BCUT2D eigenvalue weighted by Crippen LogP contribution is 2.36. The standard InChI is InChI=1S/C9H14F3N3S/c1-8(13,9(10,11)12)6-5-16-7(14-6)4-15(2)3/h5H,4,13H2,1-3H3. The highest BCUT2D eigenvalue weighted by Gasteiger charge is 2.50. The summed E-state index contributed by atoms with van der Waals surface area (Å²) in [5.74, 6) is 0. The normalized spacial score (nSPS) is 16.5. The fourth-order valence-corrected chi connectivity index (χ4v) is 2.07. The molecule has 1 rings (SSSR count). The van der Waals surface area contributed by atoms with Gasteiger partial charge in [0.05, 0.1) is 5.69 Å². The second kappa shape index (κ2) is 4.31. The topological polar surface area (TPSA) is 42.2 Å². The predicted molar refractivity (Wildman–Crippen MR) is 57.1 cm³/mol. The molecule has 2 N–H and O–H groups in total. The smallest absolute Gasteiger partial charge is 0.313 e. The van der Waals surface area contributed by atoms with E-state index >= 15 is 0 Å². The zero-order valence-electron chi connectivity index (χ0n) is 9.30. The van der Waals surface area contributed by atoms with Crippen LogP contribution in [0.25, 0.3) is 0 Å². The minimum Gasteiger partial charge on any atom is -0.313 e. The molecule has 0 bridgehead atoms. The molecular weight excluding hydrogens is 239 g/mol. The van der Waals surface area contributed by atoms with Gasteiger partial charge in [-0.05, 0) is 21.0 Å². The van der Waals surface area contributed by atoms with Crippen LogP contribution in [0.4, 0.5) is 13.2 Å². The predicted octanol–water partition coefficient (Wildman–Crippen LogP) is 1.94. The monoisotopic (exact) mass is 253 g/mol. The van der Waals surface area contributed by atoms with Crippen LogP contribution in [-0.4, -0.2) is 30.2 Å². The Bertz CT molecular complexity index is 357. The van der Waals surface area contributed by atoms with E-state index in [-0.39, 0.29) is 5.69 Å². The molecule has 1 aromatic heterocycles. The second-order valence-electron chi connectivity index (χ2n) is 4.06. The van der Waals surface area contributed by atoms with Crippen molar-refractivity contribution in [1.82, 2.24) is 9.88 Å². The Balaban J connectivity index is 2.93. The van der Waals surface area contributed by atoms with E-state index in [4.69, 9.17) is 5.73 Å². The van der Waals surface area contributed by atoms with Crippen LogP contribution in [0, 0.1) is 0 Å². The van der Waals surface area contributed by atoms with E-state index in [1.54, 1.807) is 0 Å². The van der Waals surface area contributed by atoms with Crippen molar-refractivity contribution in [2.45, 2.75) is 25.2 Å². The molecule has 0 aromatic carbocycles. The van der Waals surface area contributed by atoms with Crippen LogP contribution in [0.1, 0.15) is 17.6 Å². The maximum atomic E-state index is 12.6. The quantitative estimate of drug-likeness (QED) is 0.895. The second-order valence-corrected chi connectivity index (χ2v) is 5.01. The molecule has 0 aliphatic carbocycles. The first-order valence-electron chi connectivity index (χ1n) is 4.60. The first-order chi connectivity index (χ1) is 7.14. The first-order valence-corrected chi connectivity index (χ1v) is 5.48. The Hall–Kier alpha value is -0.660. The van der Waals surface area contributed by atoms with Crippen LogP contribution in [0.15, 0.2) is 5.38 Å². The Labute approximate surface area is 96.1 Å². The van der Waals surface area contributed by atoms with Gasteiger partial charge in [-0.3, -0.25) is 0 Å². The van der Waals surface area contributed by atoms with Crippen LogP contribution in [-0.2, 0) is 12.1 Å². The average Bonchev–Trinajstić information content (AvgIpc) is 2.49.